The van der Waals surface area contributed by atoms with Gasteiger partial charge in [0, 0.05) is 18.3 Å². The Labute approximate surface area is 225 Å². The predicted molar refractivity (Wildman–Crippen MR) is 129 cm³/mol. The fraction of sp³-hybridized carbons (Fsp3) is 0.208. The van der Waals surface area contributed by atoms with Gasteiger partial charge in [-0.1, -0.05) is 11.6 Å². The first kappa shape index (κ1) is 27.2. The lowest BCUT2D eigenvalue weighted by molar-refractivity contribution is -0.136. The van der Waals surface area contributed by atoms with Crippen LogP contribution in [0.4, 0.5) is 32.2 Å². The van der Waals surface area contributed by atoms with E-state index in [4.69, 9.17) is 17.3 Å². The summed E-state index contributed by atoms with van der Waals surface area (Å²) in [5.41, 5.74) is 1.98. The summed E-state index contributed by atoms with van der Waals surface area (Å²) in [5, 5.41) is 5.68. The minimum Gasteiger partial charge on any atom is -0.382 e. The molecular weight excluding hydrogens is 568 g/mol. The van der Waals surface area contributed by atoms with Crippen LogP contribution in [-0.2, 0) is 6.18 Å². The van der Waals surface area contributed by atoms with E-state index in [0.29, 0.717) is 12.1 Å². The zero-order chi connectivity index (χ0) is 28.9. The van der Waals surface area contributed by atoms with Gasteiger partial charge in [0.05, 0.1) is 34.4 Å². The molecule has 0 radical (unpaired) electrons. The summed E-state index contributed by atoms with van der Waals surface area (Å²) in [5.74, 6) is -4.38. The molecule has 208 valence electrons. The van der Waals surface area contributed by atoms with Crippen LogP contribution in [0.1, 0.15) is 26.4 Å². The largest absolute Gasteiger partial charge is 0.418 e. The van der Waals surface area contributed by atoms with E-state index in [1.807, 2.05) is 0 Å². The molecule has 1 aliphatic heterocycles. The van der Waals surface area contributed by atoms with Gasteiger partial charge in [0.2, 0.25) is 0 Å². The van der Waals surface area contributed by atoms with Gasteiger partial charge in [-0.05, 0) is 30.3 Å². The Morgan fingerprint density at radius 2 is 1.85 bits per heavy atom. The zero-order valence-electron chi connectivity index (χ0n) is 19.9. The van der Waals surface area contributed by atoms with Crippen LogP contribution in [0.3, 0.4) is 0 Å². The van der Waals surface area contributed by atoms with E-state index < -0.39 is 92.8 Å². The second kappa shape index (κ2) is 9.97. The van der Waals surface area contributed by atoms with Gasteiger partial charge >= 0.3 is 6.18 Å². The number of alkyl halides is 4. The van der Waals surface area contributed by atoms with Crippen molar-refractivity contribution in [1.29, 1.82) is 0 Å². The summed E-state index contributed by atoms with van der Waals surface area (Å²) in [6.07, 6.45) is -4.59. The van der Waals surface area contributed by atoms with Crippen LogP contribution in [0.25, 0.3) is 16.8 Å². The minimum absolute atomic E-state index is 0.345. The normalized spacial score (nSPS) is 17.4. The highest BCUT2D eigenvalue weighted by atomic mass is 35.5. The number of nitrogens with zero attached hydrogens (tertiary/aromatic N) is 5. The molecule has 9 nitrogen and oxygen atoms in total. The Balaban J connectivity index is 1.45. The van der Waals surface area contributed by atoms with Crippen molar-refractivity contribution in [1.82, 2.24) is 29.8 Å². The first-order valence-corrected chi connectivity index (χ1v) is 11.8. The van der Waals surface area contributed by atoms with E-state index in [9.17, 15) is 35.9 Å². The highest BCUT2D eigenvalue weighted by Gasteiger charge is 2.39. The van der Waals surface area contributed by atoms with Gasteiger partial charge in [0.25, 0.3) is 11.8 Å². The number of carbonyl (C=O) groups is 2. The second-order valence-corrected chi connectivity index (χ2v) is 9.21. The van der Waals surface area contributed by atoms with Crippen LogP contribution in [0.5, 0.6) is 0 Å². The number of nitrogen functional groups attached to an aromatic ring is 1. The molecule has 16 heteroatoms. The molecule has 0 aliphatic carbocycles. The molecule has 1 fully saturated rings. The Morgan fingerprint density at radius 1 is 1.10 bits per heavy atom. The quantitative estimate of drug-likeness (QED) is 0.352. The highest BCUT2D eigenvalue weighted by Crippen LogP contribution is 2.40. The van der Waals surface area contributed by atoms with Crippen molar-refractivity contribution in [3.05, 3.63) is 76.3 Å². The summed E-state index contributed by atoms with van der Waals surface area (Å²) in [6.45, 7) is -0.818. The van der Waals surface area contributed by atoms with Crippen molar-refractivity contribution < 1.29 is 35.9 Å². The Morgan fingerprint density at radius 3 is 2.55 bits per heavy atom. The van der Waals surface area contributed by atoms with E-state index in [-0.39, 0.29) is 6.54 Å². The fourth-order valence-electron chi connectivity index (χ4n) is 4.40. The molecule has 5 rings (SSSR count). The number of benzene rings is 1. The molecule has 40 heavy (non-hydrogen) atoms. The predicted octanol–water partition coefficient (Wildman–Crippen LogP) is 3.92. The second-order valence-electron chi connectivity index (χ2n) is 8.80. The smallest absolute Gasteiger partial charge is 0.382 e. The van der Waals surface area contributed by atoms with Gasteiger partial charge in [0.15, 0.2) is 17.3 Å². The first-order valence-electron chi connectivity index (χ1n) is 11.4. The van der Waals surface area contributed by atoms with Crippen molar-refractivity contribution in [2.75, 3.05) is 18.8 Å². The average molecular weight is 584 g/mol. The summed E-state index contributed by atoms with van der Waals surface area (Å²) >= 11 is 6.06. The average Bonchev–Trinajstić information content (AvgIpc) is 3.46. The molecule has 3 N–H and O–H groups in total. The van der Waals surface area contributed by atoms with Gasteiger partial charge in [-0.15, -0.1) is 0 Å². The molecule has 1 aromatic carbocycles. The fourth-order valence-corrected chi connectivity index (χ4v) is 4.64. The zero-order valence-corrected chi connectivity index (χ0v) is 20.6. The highest BCUT2D eigenvalue weighted by molar-refractivity contribution is 6.34. The number of rotatable bonds is 4. The van der Waals surface area contributed by atoms with Crippen LogP contribution in [0.15, 0.2) is 42.9 Å². The number of anilines is 1. The van der Waals surface area contributed by atoms with Crippen LogP contribution in [0.2, 0.25) is 5.02 Å². The van der Waals surface area contributed by atoms with E-state index in [1.54, 1.807) is 0 Å². The van der Waals surface area contributed by atoms with Crippen molar-refractivity contribution in [3.8, 4) is 11.3 Å². The maximum absolute atomic E-state index is 15.0. The Hall–Kier alpha value is -4.40. The molecule has 4 heterocycles. The van der Waals surface area contributed by atoms with Gasteiger partial charge in [0.1, 0.15) is 23.8 Å². The lowest BCUT2D eigenvalue weighted by atomic mass is 10.1. The molecule has 0 saturated carbocycles. The molecule has 2 amide bonds. The molecule has 2 atom stereocenters. The number of nitrogens with two attached hydrogens (primary N) is 1. The van der Waals surface area contributed by atoms with E-state index in [1.165, 1.54) is 12.3 Å². The minimum atomic E-state index is -4.90. The van der Waals surface area contributed by atoms with Crippen molar-refractivity contribution in [2.24, 2.45) is 0 Å². The number of nitrogens with one attached hydrogen (secondary N) is 1. The van der Waals surface area contributed by atoms with Crippen LogP contribution in [-0.4, -0.2) is 61.6 Å². The molecule has 1 aliphatic rings. The standard InChI is InChI=1S/C24H16ClF6N7O2/c25-13-6-15(27)11(18-5-12(24(29,30)31)20-21(32)34-9-35-38(18)20)4-10(13)22(39)36-17-8-37(7-16(17)28)23(40)19-14(26)2-1-3-33-19/h1-6,9,16-17H,7-8H2,(H,36,39)(H2,32,34,35)/t16-,17+/m0/s1. The van der Waals surface area contributed by atoms with E-state index in [2.05, 4.69) is 20.4 Å². The maximum atomic E-state index is 15.0. The summed E-state index contributed by atoms with van der Waals surface area (Å²) in [4.78, 5) is 33.8. The van der Waals surface area contributed by atoms with Crippen molar-refractivity contribution in [3.63, 3.8) is 0 Å². The number of likely N-dealkylation sites (tertiary alicyclic amines) is 1. The molecule has 0 spiro atoms. The lowest BCUT2D eigenvalue weighted by Crippen LogP contribution is -2.42. The maximum Gasteiger partial charge on any atom is 0.418 e. The number of aromatic nitrogens is 4. The number of carbonyl (C=O) groups excluding carboxylic acids is 2. The molecule has 1 saturated heterocycles. The molecule has 4 aromatic rings. The number of amides is 2. The third-order valence-electron chi connectivity index (χ3n) is 6.28. The molecule has 0 bridgehead atoms. The van der Waals surface area contributed by atoms with Crippen molar-refractivity contribution in [2.45, 2.75) is 18.4 Å². The van der Waals surface area contributed by atoms with Crippen LogP contribution >= 0.6 is 11.6 Å². The number of hydrogen-bond donors (Lipinski definition) is 2. The Kier molecular flexibility index (Phi) is 6.77. The molecular formula is C24H16ClF6N7O2. The van der Waals surface area contributed by atoms with Gasteiger partial charge < -0.3 is 16.0 Å². The molecule has 0 unspecified atom stereocenters. The summed E-state index contributed by atoms with van der Waals surface area (Å²) in [7, 11) is 0. The number of halogens is 7. The number of fused-ring (bicyclic) bond motifs is 1. The lowest BCUT2D eigenvalue weighted by Gasteiger charge is -2.17. The van der Waals surface area contributed by atoms with Gasteiger partial charge in [-0.2, -0.15) is 18.3 Å². The van der Waals surface area contributed by atoms with E-state index >= 15 is 0 Å². The van der Waals surface area contributed by atoms with E-state index in [0.717, 1.165) is 27.9 Å². The first-order chi connectivity index (χ1) is 18.9. The number of hydrogen-bond acceptors (Lipinski definition) is 6. The van der Waals surface area contributed by atoms with Crippen molar-refractivity contribution >= 4 is 34.7 Å². The monoisotopic (exact) mass is 583 g/mol. The van der Waals surface area contributed by atoms with Crippen LogP contribution in [0, 0.1) is 11.6 Å². The topological polar surface area (TPSA) is 119 Å². The molecule has 3 aromatic heterocycles. The SMILES string of the molecule is Nc1ncnn2c(-c3cc(C(=O)N[C@@H]4CN(C(=O)c5ncccc5F)C[C@@H]4F)c(Cl)cc3F)cc(C(F)(F)F)c12. The summed E-state index contributed by atoms with van der Waals surface area (Å²) < 4.78 is 85.5. The van der Waals surface area contributed by atoms with Gasteiger partial charge in [-0.25, -0.2) is 27.7 Å². The third-order valence-corrected chi connectivity index (χ3v) is 6.59. The Bertz CT molecular complexity index is 1660. The van der Waals surface area contributed by atoms with Crippen LogP contribution < -0.4 is 11.1 Å². The third kappa shape index (κ3) is 4.76. The summed E-state index contributed by atoms with van der Waals surface area (Å²) in [6, 6.07) is 3.24. The van der Waals surface area contributed by atoms with Gasteiger partial charge in [-0.3, -0.25) is 9.59 Å². The number of pyridine rings is 1.